The molecule has 1 aromatic rings. The Morgan fingerprint density at radius 3 is 2.80 bits per heavy atom. The fourth-order valence-corrected chi connectivity index (χ4v) is 1.14. The van der Waals surface area contributed by atoms with E-state index < -0.39 is 18.9 Å². The van der Waals surface area contributed by atoms with Crippen LogP contribution in [0.1, 0.15) is 15.9 Å². The standard InChI is InChI=1S/C10H11F2NO2/c11-9(12)6-13-5-7-2-1-3-8(4-7)10(14)15/h1-4,9,13H,5-6H2,(H,14,15). The average Bonchev–Trinajstić information content (AvgIpc) is 2.17. The van der Waals surface area contributed by atoms with Gasteiger partial charge in [0.15, 0.2) is 0 Å². The van der Waals surface area contributed by atoms with Gasteiger partial charge in [0.25, 0.3) is 6.43 Å². The maximum atomic E-state index is 11.8. The third kappa shape index (κ3) is 4.03. The summed E-state index contributed by atoms with van der Waals surface area (Å²) in [5.74, 6) is -1.02. The molecule has 0 saturated heterocycles. The van der Waals surface area contributed by atoms with Crippen molar-refractivity contribution in [3.8, 4) is 0 Å². The minimum Gasteiger partial charge on any atom is -0.478 e. The van der Waals surface area contributed by atoms with Crippen molar-refractivity contribution in [1.82, 2.24) is 5.32 Å². The van der Waals surface area contributed by atoms with Crippen molar-refractivity contribution < 1.29 is 18.7 Å². The second kappa shape index (κ2) is 5.41. The molecule has 1 aromatic carbocycles. The number of hydrogen-bond acceptors (Lipinski definition) is 2. The zero-order valence-corrected chi connectivity index (χ0v) is 7.91. The largest absolute Gasteiger partial charge is 0.478 e. The molecule has 0 fully saturated rings. The number of rotatable bonds is 5. The van der Waals surface area contributed by atoms with Gasteiger partial charge in [-0.05, 0) is 17.7 Å². The third-order valence-corrected chi connectivity index (χ3v) is 1.80. The molecule has 0 atom stereocenters. The molecule has 0 saturated carbocycles. The van der Waals surface area contributed by atoms with E-state index in [2.05, 4.69) is 5.32 Å². The minimum atomic E-state index is -2.40. The molecule has 0 aliphatic rings. The highest BCUT2D eigenvalue weighted by molar-refractivity contribution is 5.87. The molecule has 0 heterocycles. The lowest BCUT2D eigenvalue weighted by Crippen LogP contribution is -2.20. The van der Waals surface area contributed by atoms with Crippen LogP contribution in [0.5, 0.6) is 0 Å². The van der Waals surface area contributed by atoms with Gasteiger partial charge < -0.3 is 10.4 Å². The Labute approximate surface area is 85.7 Å². The molecule has 0 radical (unpaired) electrons. The number of carboxylic acid groups (broad SMARTS) is 1. The lowest BCUT2D eigenvalue weighted by Gasteiger charge is -2.04. The van der Waals surface area contributed by atoms with Crippen molar-refractivity contribution in [2.45, 2.75) is 13.0 Å². The quantitative estimate of drug-likeness (QED) is 0.786. The highest BCUT2D eigenvalue weighted by atomic mass is 19.3. The fourth-order valence-electron chi connectivity index (χ4n) is 1.14. The lowest BCUT2D eigenvalue weighted by atomic mass is 10.1. The van der Waals surface area contributed by atoms with Crippen molar-refractivity contribution >= 4 is 5.97 Å². The van der Waals surface area contributed by atoms with Crippen LogP contribution in [0, 0.1) is 0 Å². The smallest absolute Gasteiger partial charge is 0.335 e. The Morgan fingerprint density at radius 1 is 1.47 bits per heavy atom. The number of carboxylic acids is 1. The molecular weight excluding hydrogens is 204 g/mol. The second-order valence-corrected chi connectivity index (χ2v) is 3.03. The van der Waals surface area contributed by atoms with Gasteiger partial charge in [0, 0.05) is 6.54 Å². The van der Waals surface area contributed by atoms with E-state index in [4.69, 9.17) is 5.11 Å². The average molecular weight is 215 g/mol. The molecule has 3 nitrogen and oxygen atoms in total. The molecule has 2 N–H and O–H groups in total. The zero-order chi connectivity index (χ0) is 11.3. The Kier molecular flexibility index (Phi) is 4.17. The number of alkyl halides is 2. The van der Waals surface area contributed by atoms with E-state index in [1.807, 2.05) is 0 Å². The topological polar surface area (TPSA) is 49.3 Å². The predicted octanol–water partition coefficient (Wildman–Crippen LogP) is 1.74. The van der Waals surface area contributed by atoms with Crippen molar-refractivity contribution in [3.05, 3.63) is 35.4 Å². The summed E-state index contributed by atoms with van der Waals surface area (Å²) in [7, 11) is 0. The molecule has 0 aliphatic heterocycles. The fraction of sp³-hybridized carbons (Fsp3) is 0.300. The van der Waals surface area contributed by atoms with E-state index in [9.17, 15) is 13.6 Å². The van der Waals surface area contributed by atoms with Crippen molar-refractivity contribution in [3.63, 3.8) is 0 Å². The highest BCUT2D eigenvalue weighted by Gasteiger charge is 2.04. The lowest BCUT2D eigenvalue weighted by molar-refractivity contribution is 0.0696. The van der Waals surface area contributed by atoms with Crippen molar-refractivity contribution in [2.24, 2.45) is 0 Å². The van der Waals surface area contributed by atoms with Crippen LogP contribution in [0.3, 0.4) is 0 Å². The van der Waals surface area contributed by atoms with Crippen LogP contribution in [0.2, 0.25) is 0 Å². The van der Waals surface area contributed by atoms with Gasteiger partial charge in [-0.3, -0.25) is 0 Å². The first kappa shape index (κ1) is 11.6. The van der Waals surface area contributed by atoms with Gasteiger partial charge in [0.2, 0.25) is 0 Å². The molecule has 5 heteroatoms. The molecule has 82 valence electrons. The van der Waals surface area contributed by atoms with Gasteiger partial charge in [-0.15, -0.1) is 0 Å². The van der Waals surface area contributed by atoms with Crippen LogP contribution in [0.4, 0.5) is 8.78 Å². The van der Waals surface area contributed by atoms with E-state index in [1.165, 1.54) is 12.1 Å². The summed E-state index contributed by atoms with van der Waals surface area (Å²) in [5.41, 5.74) is 0.835. The van der Waals surface area contributed by atoms with Gasteiger partial charge in [0.1, 0.15) is 0 Å². The Bertz CT molecular complexity index is 342. The summed E-state index contributed by atoms with van der Waals surface area (Å²) in [4.78, 5) is 10.6. The molecule has 1 rings (SSSR count). The highest BCUT2D eigenvalue weighted by Crippen LogP contribution is 2.05. The first-order valence-electron chi connectivity index (χ1n) is 4.40. The third-order valence-electron chi connectivity index (χ3n) is 1.80. The van der Waals surface area contributed by atoms with E-state index >= 15 is 0 Å². The summed E-state index contributed by atoms with van der Waals surface area (Å²) in [6, 6.07) is 6.19. The summed E-state index contributed by atoms with van der Waals surface area (Å²) in [6.45, 7) is -0.150. The van der Waals surface area contributed by atoms with Crippen LogP contribution in [0.25, 0.3) is 0 Å². The first-order valence-corrected chi connectivity index (χ1v) is 4.40. The van der Waals surface area contributed by atoms with Crippen molar-refractivity contribution in [2.75, 3.05) is 6.54 Å². The van der Waals surface area contributed by atoms with E-state index in [0.29, 0.717) is 5.56 Å². The van der Waals surface area contributed by atoms with Crippen LogP contribution >= 0.6 is 0 Å². The maximum absolute atomic E-state index is 11.8. The number of carbonyl (C=O) groups is 1. The van der Waals surface area contributed by atoms with Crippen LogP contribution < -0.4 is 5.32 Å². The van der Waals surface area contributed by atoms with Crippen LogP contribution in [-0.2, 0) is 6.54 Å². The first-order chi connectivity index (χ1) is 7.09. The predicted molar refractivity (Wildman–Crippen MR) is 51.1 cm³/mol. The Hall–Kier alpha value is -1.49. The van der Waals surface area contributed by atoms with Gasteiger partial charge in [-0.2, -0.15) is 0 Å². The second-order valence-electron chi connectivity index (χ2n) is 3.03. The molecule has 0 aliphatic carbocycles. The van der Waals surface area contributed by atoms with Crippen molar-refractivity contribution in [1.29, 1.82) is 0 Å². The molecule has 0 bridgehead atoms. The maximum Gasteiger partial charge on any atom is 0.335 e. The number of aromatic carboxylic acids is 1. The van der Waals surface area contributed by atoms with Gasteiger partial charge in [-0.1, -0.05) is 12.1 Å². The molecule has 0 aromatic heterocycles. The number of hydrogen-bond donors (Lipinski definition) is 2. The normalized spacial score (nSPS) is 10.6. The SMILES string of the molecule is O=C(O)c1cccc(CNCC(F)F)c1. The molecule has 0 amide bonds. The minimum absolute atomic E-state index is 0.159. The molecule has 0 unspecified atom stereocenters. The van der Waals surface area contributed by atoms with E-state index in [1.54, 1.807) is 12.1 Å². The van der Waals surface area contributed by atoms with Crippen LogP contribution in [-0.4, -0.2) is 24.0 Å². The number of nitrogens with one attached hydrogen (secondary N) is 1. The Morgan fingerprint density at radius 2 is 2.20 bits per heavy atom. The van der Waals surface area contributed by atoms with E-state index in [0.717, 1.165) is 0 Å². The zero-order valence-electron chi connectivity index (χ0n) is 7.91. The monoisotopic (exact) mass is 215 g/mol. The van der Waals surface area contributed by atoms with Crippen LogP contribution in [0.15, 0.2) is 24.3 Å². The van der Waals surface area contributed by atoms with E-state index in [-0.39, 0.29) is 12.1 Å². The van der Waals surface area contributed by atoms with Gasteiger partial charge >= 0.3 is 5.97 Å². The summed E-state index contributed by atoms with van der Waals surface area (Å²) >= 11 is 0. The van der Waals surface area contributed by atoms with Gasteiger partial charge in [-0.25, -0.2) is 13.6 Å². The summed E-state index contributed by atoms with van der Waals surface area (Å²) in [5, 5.41) is 11.2. The summed E-state index contributed by atoms with van der Waals surface area (Å²) in [6.07, 6.45) is -2.40. The number of halogens is 2. The molecule has 15 heavy (non-hydrogen) atoms. The number of benzene rings is 1. The Balaban J connectivity index is 2.54. The molecule has 0 spiro atoms. The summed E-state index contributed by atoms with van der Waals surface area (Å²) < 4.78 is 23.6. The van der Waals surface area contributed by atoms with Gasteiger partial charge in [0.05, 0.1) is 12.1 Å². The molecular formula is C10H11F2NO2.